The molecule has 0 aliphatic rings. The fourth-order valence-corrected chi connectivity index (χ4v) is 10.4. The molecule has 0 aromatic heterocycles. The van der Waals surface area contributed by atoms with Crippen molar-refractivity contribution in [1.82, 2.24) is 0 Å². The van der Waals surface area contributed by atoms with Crippen LogP contribution in [0.15, 0.2) is 12.2 Å². The van der Waals surface area contributed by atoms with Crippen LogP contribution >= 0.6 is 17.8 Å². The molecule has 0 heterocycles. The summed E-state index contributed by atoms with van der Waals surface area (Å²) in [6.07, 6.45) is 6.03. The van der Waals surface area contributed by atoms with E-state index in [0.717, 1.165) is 8.87 Å². The second kappa shape index (κ2) is 13.1. The van der Waals surface area contributed by atoms with Gasteiger partial charge in [-0.25, -0.2) is 9.59 Å². The molecule has 0 fully saturated rings. The van der Waals surface area contributed by atoms with Gasteiger partial charge in [-0.1, -0.05) is 0 Å². The van der Waals surface area contributed by atoms with Crippen molar-refractivity contribution in [3.63, 3.8) is 0 Å². The second-order valence-electron chi connectivity index (χ2n) is 4.07. The summed E-state index contributed by atoms with van der Waals surface area (Å²) in [5.74, 6) is -2.51. The van der Waals surface area contributed by atoms with Gasteiger partial charge in [0.25, 0.3) is 0 Å². The maximum Gasteiger partial charge on any atom is 0.328 e. The zero-order valence-corrected chi connectivity index (χ0v) is 15.7. The topological polar surface area (TPSA) is 74.6 Å². The van der Waals surface area contributed by atoms with Crippen molar-refractivity contribution in [3.8, 4) is 0 Å². The summed E-state index contributed by atoms with van der Waals surface area (Å²) in [6.45, 7) is 4.38. The number of carboxylic acid groups (broad SMARTS) is 2. The van der Waals surface area contributed by atoms with Crippen LogP contribution in [0.4, 0.5) is 0 Å². The van der Waals surface area contributed by atoms with E-state index in [4.69, 9.17) is 28.1 Å². The molecule has 0 atom stereocenters. The normalized spacial score (nSPS) is 10.9. The number of halogens is 2. The van der Waals surface area contributed by atoms with E-state index in [1.807, 2.05) is 0 Å². The number of unbranched alkanes of at least 4 members (excludes halogenated alkanes) is 2. The smallest absolute Gasteiger partial charge is 0.328 e. The molecular formula is C12H22Cl2O4Sn. The van der Waals surface area contributed by atoms with E-state index >= 15 is 0 Å². The van der Waals surface area contributed by atoms with Crippen molar-refractivity contribution in [2.24, 2.45) is 0 Å². The standard InChI is InChI=1S/C4H4O4.2C4H9.2ClH.Sn/c5-3(6)1-2-4(7)8;2*1-3-4-2;;;/h1-2H,(H,5,6)(H,7,8);2*1,3-4H2,2H3;2*1H;/q;;;;;+2/p-2/b2-1-;;;;;. The largest absolute Gasteiger partial charge is 0.478 e. The van der Waals surface area contributed by atoms with Gasteiger partial charge in [0.2, 0.25) is 0 Å². The molecule has 4 nitrogen and oxygen atoms in total. The molecule has 0 aromatic rings. The summed E-state index contributed by atoms with van der Waals surface area (Å²) in [4.78, 5) is 19.1. The molecule has 0 aromatic carbocycles. The molecule has 0 aliphatic carbocycles. The molecule has 7 heteroatoms. The molecule has 0 rings (SSSR count). The van der Waals surface area contributed by atoms with Gasteiger partial charge in [0, 0.05) is 12.2 Å². The number of carboxylic acids is 2. The molecule has 0 aliphatic heterocycles. The molecule has 0 radical (unpaired) electrons. The molecule has 0 amide bonds. The average Bonchev–Trinajstić information content (AvgIpc) is 2.32. The summed E-state index contributed by atoms with van der Waals surface area (Å²) >= 11 is -2.49. The van der Waals surface area contributed by atoms with Crippen LogP contribution in [0.25, 0.3) is 0 Å². The summed E-state index contributed by atoms with van der Waals surface area (Å²) in [5, 5.41) is 15.6. The molecule has 0 saturated carbocycles. The number of aliphatic carboxylic acids is 2. The van der Waals surface area contributed by atoms with E-state index in [-0.39, 0.29) is 0 Å². The predicted molar refractivity (Wildman–Crippen MR) is 81.3 cm³/mol. The van der Waals surface area contributed by atoms with Crippen molar-refractivity contribution in [3.05, 3.63) is 12.2 Å². The van der Waals surface area contributed by atoms with Gasteiger partial charge in [-0.3, -0.25) is 0 Å². The Hall–Kier alpha value is 0.0587. The summed E-state index contributed by atoms with van der Waals surface area (Å²) in [6, 6.07) is 0. The van der Waals surface area contributed by atoms with Gasteiger partial charge in [0.15, 0.2) is 0 Å². The fourth-order valence-electron chi connectivity index (χ4n) is 1.14. The molecule has 0 spiro atoms. The third-order valence-electron chi connectivity index (χ3n) is 2.16. The number of hydrogen-bond acceptors (Lipinski definition) is 2. The van der Waals surface area contributed by atoms with Crippen LogP contribution in [0, 0.1) is 0 Å². The zero-order chi connectivity index (χ0) is 15.3. The van der Waals surface area contributed by atoms with Crippen LogP contribution < -0.4 is 0 Å². The average molecular weight is 420 g/mol. The molecule has 112 valence electrons. The Morgan fingerprint density at radius 3 is 1.47 bits per heavy atom. The molecule has 0 unspecified atom stereocenters. The predicted octanol–water partition coefficient (Wildman–Crippen LogP) is 4.22. The third-order valence-corrected chi connectivity index (χ3v) is 13.4. The molecule has 2 N–H and O–H groups in total. The minimum atomic E-state index is -2.49. The minimum Gasteiger partial charge on any atom is -0.478 e. The van der Waals surface area contributed by atoms with E-state index < -0.39 is 28.1 Å². The maximum atomic E-state index is 9.55. The van der Waals surface area contributed by atoms with E-state index in [2.05, 4.69) is 13.8 Å². The van der Waals surface area contributed by atoms with Crippen molar-refractivity contribution in [1.29, 1.82) is 0 Å². The number of hydrogen-bond donors (Lipinski definition) is 2. The summed E-state index contributed by atoms with van der Waals surface area (Å²) in [5.41, 5.74) is 0. The monoisotopic (exact) mass is 420 g/mol. The van der Waals surface area contributed by atoms with Crippen LogP contribution in [0.5, 0.6) is 0 Å². The first kappa shape index (κ1) is 21.4. The van der Waals surface area contributed by atoms with Gasteiger partial charge in [-0.05, 0) is 0 Å². The first-order valence-corrected chi connectivity index (χ1v) is 17.5. The molecule has 0 bridgehead atoms. The van der Waals surface area contributed by atoms with E-state index in [1.54, 1.807) is 0 Å². The van der Waals surface area contributed by atoms with Crippen LogP contribution in [0.3, 0.4) is 0 Å². The summed E-state index contributed by atoms with van der Waals surface area (Å²) < 4.78 is 2.29. The molecule has 0 saturated heterocycles. The van der Waals surface area contributed by atoms with Gasteiger partial charge in [0.1, 0.15) is 0 Å². The third kappa shape index (κ3) is 20.5. The van der Waals surface area contributed by atoms with Gasteiger partial charge >= 0.3 is 94.3 Å². The Kier molecular flexibility index (Phi) is 14.7. The Bertz CT molecular complexity index is 267. The first-order valence-electron chi connectivity index (χ1n) is 6.27. The second-order valence-corrected chi connectivity index (χ2v) is 22.8. The van der Waals surface area contributed by atoms with Crippen molar-refractivity contribution < 1.29 is 19.8 Å². The fraction of sp³-hybridized carbons (Fsp3) is 0.667. The van der Waals surface area contributed by atoms with Crippen molar-refractivity contribution in [2.45, 2.75) is 48.4 Å². The maximum absolute atomic E-state index is 9.55. The van der Waals surface area contributed by atoms with Crippen LogP contribution in [0.2, 0.25) is 8.87 Å². The Morgan fingerprint density at radius 2 is 1.26 bits per heavy atom. The number of carbonyl (C=O) groups is 2. The molecular weight excluding hydrogens is 398 g/mol. The van der Waals surface area contributed by atoms with Gasteiger partial charge in [-0.15, -0.1) is 0 Å². The number of rotatable bonds is 8. The van der Waals surface area contributed by atoms with E-state index in [1.165, 1.54) is 25.7 Å². The zero-order valence-electron chi connectivity index (χ0n) is 11.4. The summed E-state index contributed by atoms with van der Waals surface area (Å²) in [7, 11) is 12.5. The van der Waals surface area contributed by atoms with Gasteiger partial charge in [-0.2, -0.15) is 0 Å². The molecule has 19 heavy (non-hydrogen) atoms. The van der Waals surface area contributed by atoms with Gasteiger partial charge in [0.05, 0.1) is 0 Å². The van der Waals surface area contributed by atoms with Crippen molar-refractivity contribution in [2.75, 3.05) is 0 Å². The SMILES string of the molecule is CCC[CH2][Sn]([Cl])([Cl])[CH2]CCC.O=C(O)/C=C\C(=O)O. The van der Waals surface area contributed by atoms with Crippen molar-refractivity contribution >= 4 is 45.9 Å². The minimum absolute atomic E-state index is 0.558. The van der Waals surface area contributed by atoms with Crippen LogP contribution in [-0.2, 0) is 9.59 Å². The van der Waals surface area contributed by atoms with E-state index in [9.17, 15) is 9.59 Å². The van der Waals surface area contributed by atoms with Gasteiger partial charge < -0.3 is 10.2 Å². The quantitative estimate of drug-likeness (QED) is 0.456. The Balaban J connectivity index is 0. The Labute approximate surface area is 126 Å². The van der Waals surface area contributed by atoms with Crippen LogP contribution in [-0.4, -0.2) is 38.3 Å². The first-order chi connectivity index (χ1) is 8.75. The van der Waals surface area contributed by atoms with E-state index in [0.29, 0.717) is 12.2 Å². The van der Waals surface area contributed by atoms with Crippen LogP contribution in [0.1, 0.15) is 39.5 Å². The Morgan fingerprint density at radius 1 is 0.947 bits per heavy atom.